The number of benzene rings is 1. The van der Waals surface area contributed by atoms with Crippen molar-refractivity contribution in [2.24, 2.45) is 5.92 Å². The molecule has 3 N–H and O–H groups in total. The first kappa shape index (κ1) is 18.2. The number of fused-ring (bicyclic) bond motifs is 1. The molecule has 1 unspecified atom stereocenters. The van der Waals surface area contributed by atoms with Gasteiger partial charge in [0.1, 0.15) is 11.6 Å². The molecule has 0 aliphatic rings. The molecule has 0 saturated heterocycles. The molecular formula is C21H20N4O2S. The maximum Gasteiger partial charge on any atom is 0.223 e. The fourth-order valence-corrected chi connectivity index (χ4v) is 3.63. The first-order chi connectivity index (χ1) is 13.6. The largest absolute Gasteiger partial charge is 0.464 e. The van der Waals surface area contributed by atoms with Crippen LogP contribution in [0.15, 0.2) is 58.8 Å². The number of aromatic nitrogens is 2. The van der Waals surface area contributed by atoms with Gasteiger partial charge in [0.15, 0.2) is 0 Å². The van der Waals surface area contributed by atoms with Gasteiger partial charge in [-0.25, -0.2) is 4.98 Å². The molecular weight excluding hydrogens is 372 g/mol. The lowest BCUT2D eigenvalue weighted by Crippen LogP contribution is -2.29. The van der Waals surface area contributed by atoms with E-state index in [1.165, 1.54) is 11.3 Å². The highest BCUT2D eigenvalue weighted by molar-refractivity contribution is 7.09. The Morgan fingerprint density at radius 2 is 2.21 bits per heavy atom. The van der Waals surface area contributed by atoms with Gasteiger partial charge < -0.3 is 15.5 Å². The highest BCUT2D eigenvalue weighted by Crippen LogP contribution is 2.27. The molecule has 1 atom stereocenters. The van der Waals surface area contributed by atoms with Gasteiger partial charge >= 0.3 is 0 Å². The van der Waals surface area contributed by atoms with Crippen molar-refractivity contribution < 1.29 is 9.21 Å². The number of nitrogen functional groups attached to an aromatic ring is 1. The Bertz CT molecular complexity index is 1090. The highest BCUT2D eigenvalue weighted by atomic mass is 32.1. The third-order valence-electron chi connectivity index (χ3n) is 4.63. The Kier molecular flexibility index (Phi) is 5.08. The zero-order chi connectivity index (χ0) is 19.5. The molecule has 3 heterocycles. The fraction of sp³-hybridized carbons (Fsp3) is 0.190. The second kappa shape index (κ2) is 7.82. The van der Waals surface area contributed by atoms with Crippen LogP contribution in [0.1, 0.15) is 17.4 Å². The standard InChI is InChI=1S/C21H20N4O2S/c1-13(21(26)24-11-17-10-23-12-28-17)7-16-9-15-8-14(19-3-2-6-27-19)4-5-18(15)25-20(16)22/h2-6,8-10,12-13H,7,11H2,1H3,(H2,22,25)(H,24,26). The molecule has 7 heteroatoms. The van der Waals surface area contributed by atoms with Crippen LogP contribution in [0.4, 0.5) is 5.82 Å². The molecule has 1 aromatic carbocycles. The number of amides is 1. The SMILES string of the molecule is CC(Cc1cc2cc(-c3ccco3)ccc2nc1N)C(=O)NCc1cncs1. The third kappa shape index (κ3) is 3.89. The van der Waals surface area contributed by atoms with E-state index in [9.17, 15) is 4.79 Å². The van der Waals surface area contributed by atoms with Crippen LogP contribution in [0.25, 0.3) is 22.2 Å². The number of hydrogen-bond donors (Lipinski definition) is 2. The molecule has 1 amide bonds. The number of furan rings is 1. The van der Waals surface area contributed by atoms with Gasteiger partial charge in [0, 0.05) is 27.9 Å². The van der Waals surface area contributed by atoms with Crippen LogP contribution in [0, 0.1) is 5.92 Å². The lowest BCUT2D eigenvalue weighted by Gasteiger charge is -2.14. The number of carbonyl (C=O) groups excluding carboxylic acids is 1. The summed E-state index contributed by atoms with van der Waals surface area (Å²) in [5.41, 5.74) is 10.6. The normalized spacial score (nSPS) is 12.2. The lowest BCUT2D eigenvalue weighted by atomic mass is 9.98. The van der Waals surface area contributed by atoms with E-state index < -0.39 is 0 Å². The van der Waals surface area contributed by atoms with E-state index >= 15 is 0 Å². The second-order valence-corrected chi connectivity index (χ2v) is 7.68. The highest BCUT2D eigenvalue weighted by Gasteiger charge is 2.16. The van der Waals surface area contributed by atoms with Crippen molar-refractivity contribution in [1.29, 1.82) is 0 Å². The summed E-state index contributed by atoms with van der Waals surface area (Å²) in [5.74, 6) is 1.02. The van der Waals surface area contributed by atoms with Crippen LogP contribution >= 0.6 is 11.3 Å². The van der Waals surface area contributed by atoms with Gasteiger partial charge in [0.2, 0.25) is 5.91 Å². The summed E-state index contributed by atoms with van der Waals surface area (Å²) < 4.78 is 5.47. The van der Waals surface area contributed by atoms with Crippen molar-refractivity contribution in [2.75, 3.05) is 5.73 Å². The predicted molar refractivity (Wildman–Crippen MR) is 111 cm³/mol. The number of nitrogens with zero attached hydrogens (tertiary/aromatic N) is 2. The lowest BCUT2D eigenvalue weighted by molar-refractivity contribution is -0.124. The van der Waals surface area contributed by atoms with E-state index in [-0.39, 0.29) is 11.8 Å². The number of nitrogens with two attached hydrogens (primary N) is 1. The molecule has 0 radical (unpaired) electrons. The van der Waals surface area contributed by atoms with Crippen molar-refractivity contribution in [3.8, 4) is 11.3 Å². The van der Waals surface area contributed by atoms with Crippen LogP contribution in [0.2, 0.25) is 0 Å². The molecule has 0 aliphatic heterocycles. The molecule has 4 aromatic rings. The van der Waals surface area contributed by atoms with Crippen molar-refractivity contribution in [3.63, 3.8) is 0 Å². The van der Waals surface area contributed by atoms with Gasteiger partial charge in [-0.3, -0.25) is 9.78 Å². The van der Waals surface area contributed by atoms with Crippen molar-refractivity contribution in [2.45, 2.75) is 19.9 Å². The minimum absolute atomic E-state index is 0.0165. The van der Waals surface area contributed by atoms with E-state index in [4.69, 9.17) is 10.2 Å². The maximum absolute atomic E-state index is 12.4. The molecule has 0 aliphatic carbocycles. The molecule has 6 nitrogen and oxygen atoms in total. The van der Waals surface area contributed by atoms with Crippen molar-refractivity contribution in [3.05, 3.63) is 64.8 Å². The molecule has 4 rings (SSSR count). The summed E-state index contributed by atoms with van der Waals surface area (Å²) in [5, 5.41) is 3.92. The molecule has 0 saturated carbocycles. The number of carbonyl (C=O) groups is 1. The van der Waals surface area contributed by atoms with Crippen molar-refractivity contribution in [1.82, 2.24) is 15.3 Å². The molecule has 0 bridgehead atoms. The van der Waals surface area contributed by atoms with E-state index in [0.29, 0.717) is 18.8 Å². The van der Waals surface area contributed by atoms with Gasteiger partial charge in [0.05, 0.1) is 23.8 Å². The Labute approximate surface area is 166 Å². The number of nitrogens with one attached hydrogen (secondary N) is 1. The molecule has 142 valence electrons. The van der Waals surface area contributed by atoms with E-state index in [1.54, 1.807) is 18.0 Å². The molecule has 0 fully saturated rings. The van der Waals surface area contributed by atoms with Gasteiger partial charge in [0.25, 0.3) is 0 Å². The molecule has 3 aromatic heterocycles. The van der Waals surface area contributed by atoms with Gasteiger partial charge in [-0.15, -0.1) is 11.3 Å². The van der Waals surface area contributed by atoms with Gasteiger partial charge in [-0.1, -0.05) is 6.92 Å². The smallest absolute Gasteiger partial charge is 0.223 e. The minimum atomic E-state index is -0.220. The first-order valence-corrected chi connectivity index (χ1v) is 9.86. The Morgan fingerprint density at radius 1 is 1.32 bits per heavy atom. The topological polar surface area (TPSA) is 94.0 Å². The van der Waals surface area contributed by atoms with Crippen molar-refractivity contribution >= 4 is 34.0 Å². The number of pyridine rings is 1. The first-order valence-electron chi connectivity index (χ1n) is 8.98. The average molecular weight is 392 g/mol. The number of anilines is 1. The summed E-state index contributed by atoms with van der Waals surface area (Å²) >= 11 is 1.52. The van der Waals surface area contributed by atoms with Gasteiger partial charge in [-0.05, 0) is 48.4 Å². The van der Waals surface area contributed by atoms with Crippen LogP contribution in [-0.4, -0.2) is 15.9 Å². The summed E-state index contributed by atoms with van der Waals surface area (Å²) in [6, 6.07) is 11.7. The van der Waals surface area contributed by atoms with Crippen LogP contribution in [-0.2, 0) is 17.8 Å². The predicted octanol–water partition coefficient (Wildman–Crippen LogP) is 4.03. The maximum atomic E-state index is 12.4. The average Bonchev–Trinajstić information content (AvgIpc) is 3.40. The quantitative estimate of drug-likeness (QED) is 0.517. The summed E-state index contributed by atoms with van der Waals surface area (Å²) in [4.78, 5) is 22.0. The monoisotopic (exact) mass is 392 g/mol. The Balaban J connectivity index is 1.52. The zero-order valence-corrected chi connectivity index (χ0v) is 16.2. The van der Waals surface area contributed by atoms with E-state index in [0.717, 1.165) is 32.7 Å². The van der Waals surface area contributed by atoms with Crippen LogP contribution in [0.5, 0.6) is 0 Å². The Hall–Kier alpha value is -3.19. The number of rotatable bonds is 6. The Morgan fingerprint density at radius 3 is 2.96 bits per heavy atom. The second-order valence-electron chi connectivity index (χ2n) is 6.71. The molecule has 0 spiro atoms. The third-order valence-corrected chi connectivity index (χ3v) is 5.41. The number of thiazole rings is 1. The summed E-state index contributed by atoms with van der Waals surface area (Å²) in [6.45, 7) is 2.39. The minimum Gasteiger partial charge on any atom is -0.464 e. The molecule has 28 heavy (non-hydrogen) atoms. The van der Waals surface area contributed by atoms with Crippen LogP contribution in [0.3, 0.4) is 0 Å². The van der Waals surface area contributed by atoms with Gasteiger partial charge in [-0.2, -0.15) is 0 Å². The van der Waals surface area contributed by atoms with E-state index in [1.807, 2.05) is 43.3 Å². The summed E-state index contributed by atoms with van der Waals surface area (Å²) in [7, 11) is 0. The van der Waals surface area contributed by atoms with E-state index in [2.05, 4.69) is 15.3 Å². The zero-order valence-electron chi connectivity index (χ0n) is 15.4. The van der Waals surface area contributed by atoms with Crippen LogP contribution < -0.4 is 11.1 Å². The number of hydrogen-bond acceptors (Lipinski definition) is 6. The summed E-state index contributed by atoms with van der Waals surface area (Å²) in [6.07, 6.45) is 3.93. The fourth-order valence-electron chi connectivity index (χ4n) is 3.10.